The fourth-order valence-electron chi connectivity index (χ4n) is 1.73. The van der Waals surface area contributed by atoms with Crippen molar-refractivity contribution >= 4 is 15.8 Å². The second-order valence-corrected chi connectivity index (χ2v) is 6.36. The molecule has 0 aliphatic carbocycles. The van der Waals surface area contributed by atoms with Gasteiger partial charge in [-0.2, -0.15) is 4.31 Å². The van der Waals surface area contributed by atoms with E-state index in [0.717, 1.165) is 13.0 Å². The molecule has 7 nitrogen and oxygen atoms in total. The first-order valence-corrected chi connectivity index (χ1v) is 8.30. The van der Waals surface area contributed by atoms with E-state index >= 15 is 0 Å². The van der Waals surface area contributed by atoms with Crippen LogP contribution in [0, 0.1) is 0 Å². The second-order valence-electron chi connectivity index (χ2n) is 4.42. The van der Waals surface area contributed by atoms with Crippen molar-refractivity contribution in [3.63, 3.8) is 0 Å². The van der Waals surface area contributed by atoms with Crippen LogP contribution in [0.1, 0.15) is 13.3 Å². The van der Waals surface area contributed by atoms with Crippen LogP contribution < -0.4 is 5.32 Å². The molecule has 0 unspecified atom stereocenters. The molecule has 21 heavy (non-hydrogen) atoms. The van der Waals surface area contributed by atoms with Gasteiger partial charge in [0.1, 0.15) is 5.82 Å². The molecule has 0 bridgehead atoms. The molecule has 120 valence electrons. The zero-order chi connectivity index (χ0) is 15.7. The molecule has 1 rings (SSSR count). The van der Waals surface area contributed by atoms with E-state index in [1.165, 1.54) is 29.7 Å². The predicted molar refractivity (Wildman–Crippen MR) is 80.7 cm³/mol. The molecule has 0 saturated carbocycles. The molecule has 0 aliphatic rings. The van der Waals surface area contributed by atoms with Gasteiger partial charge in [0.15, 0.2) is 0 Å². The van der Waals surface area contributed by atoms with E-state index in [1.54, 1.807) is 0 Å². The summed E-state index contributed by atoms with van der Waals surface area (Å²) in [5, 5.41) is 12.1. The van der Waals surface area contributed by atoms with Crippen molar-refractivity contribution < 1.29 is 18.3 Å². The van der Waals surface area contributed by atoms with Crippen LogP contribution >= 0.6 is 0 Å². The van der Waals surface area contributed by atoms with Gasteiger partial charge in [0, 0.05) is 39.0 Å². The number of rotatable bonds is 10. The maximum atomic E-state index is 12.6. The van der Waals surface area contributed by atoms with Gasteiger partial charge in [-0.25, -0.2) is 13.4 Å². The summed E-state index contributed by atoms with van der Waals surface area (Å²) in [5.41, 5.74) is 0. The maximum Gasteiger partial charge on any atom is 0.243 e. The van der Waals surface area contributed by atoms with Gasteiger partial charge in [-0.3, -0.25) is 0 Å². The van der Waals surface area contributed by atoms with Crippen LogP contribution in [-0.2, 0) is 14.8 Å². The third kappa shape index (κ3) is 5.24. The van der Waals surface area contributed by atoms with Crippen LogP contribution in [0.3, 0.4) is 0 Å². The number of nitrogens with one attached hydrogen (secondary N) is 1. The van der Waals surface area contributed by atoms with Crippen LogP contribution in [0.15, 0.2) is 23.2 Å². The van der Waals surface area contributed by atoms with E-state index in [1.807, 2.05) is 6.92 Å². The Morgan fingerprint density at radius 3 is 2.81 bits per heavy atom. The van der Waals surface area contributed by atoms with Gasteiger partial charge < -0.3 is 15.2 Å². The quantitative estimate of drug-likeness (QED) is 0.654. The zero-order valence-electron chi connectivity index (χ0n) is 12.4. The minimum Gasteiger partial charge on any atom is -0.395 e. The number of hydrogen-bond donors (Lipinski definition) is 2. The highest BCUT2D eigenvalue weighted by Gasteiger charge is 2.24. The number of pyridine rings is 1. The van der Waals surface area contributed by atoms with E-state index < -0.39 is 10.0 Å². The lowest BCUT2D eigenvalue weighted by atomic mass is 10.4. The number of aliphatic hydroxyl groups is 1. The summed E-state index contributed by atoms with van der Waals surface area (Å²) in [5.74, 6) is 0.522. The van der Waals surface area contributed by atoms with Crippen LogP contribution in [0.4, 0.5) is 5.82 Å². The predicted octanol–water partition coefficient (Wildman–Crippen LogP) is 0.533. The first kappa shape index (κ1) is 17.8. The Labute approximate surface area is 126 Å². The lowest BCUT2D eigenvalue weighted by Gasteiger charge is -2.21. The van der Waals surface area contributed by atoms with E-state index in [0.29, 0.717) is 5.82 Å². The number of anilines is 1. The van der Waals surface area contributed by atoms with Crippen molar-refractivity contribution in [1.82, 2.24) is 9.29 Å². The molecule has 0 fully saturated rings. The Balaban J connectivity index is 2.97. The first-order valence-electron chi connectivity index (χ1n) is 6.86. The molecule has 0 aliphatic heterocycles. The average molecular weight is 317 g/mol. The van der Waals surface area contributed by atoms with Gasteiger partial charge in [0.05, 0.1) is 18.1 Å². The van der Waals surface area contributed by atoms with Crippen LogP contribution in [0.25, 0.3) is 0 Å². The third-order valence-electron chi connectivity index (χ3n) is 2.82. The van der Waals surface area contributed by atoms with Gasteiger partial charge in [-0.1, -0.05) is 6.92 Å². The normalized spacial score (nSPS) is 11.8. The Kier molecular flexibility index (Phi) is 7.58. The molecule has 0 radical (unpaired) electrons. The van der Waals surface area contributed by atoms with Gasteiger partial charge in [0.25, 0.3) is 0 Å². The highest BCUT2D eigenvalue weighted by atomic mass is 32.2. The largest absolute Gasteiger partial charge is 0.395 e. The molecule has 0 amide bonds. The summed E-state index contributed by atoms with van der Waals surface area (Å²) in [7, 11) is -2.17. The Morgan fingerprint density at radius 2 is 2.19 bits per heavy atom. The Bertz CT molecular complexity index is 522. The van der Waals surface area contributed by atoms with Crippen LogP contribution in [0.5, 0.6) is 0 Å². The summed E-state index contributed by atoms with van der Waals surface area (Å²) in [6.45, 7) is 2.99. The molecule has 0 atom stereocenters. The molecular formula is C13H23N3O4S. The number of hydrogen-bond acceptors (Lipinski definition) is 6. The summed E-state index contributed by atoms with van der Waals surface area (Å²) >= 11 is 0. The zero-order valence-corrected chi connectivity index (χ0v) is 13.3. The minimum absolute atomic E-state index is 0.0335. The molecule has 0 spiro atoms. The van der Waals surface area contributed by atoms with E-state index in [-0.39, 0.29) is 31.2 Å². The SMILES string of the molecule is CCCNc1cc(S(=O)(=O)N(CCO)CCOC)ccn1. The van der Waals surface area contributed by atoms with Gasteiger partial charge in [-0.05, 0) is 12.5 Å². The van der Waals surface area contributed by atoms with Crippen LogP contribution in [-0.4, -0.2) is 62.8 Å². The fraction of sp³-hybridized carbons (Fsp3) is 0.615. The first-order chi connectivity index (χ1) is 10.1. The van der Waals surface area contributed by atoms with Gasteiger partial charge in [0.2, 0.25) is 10.0 Å². The lowest BCUT2D eigenvalue weighted by molar-refractivity contribution is 0.168. The molecule has 8 heteroatoms. The average Bonchev–Trinajstić information content (AvgIpc) is 2.49. The van der Waals surface area contributed by atoms with E-state index in [2.05, 4.69) is 10.3 Å². The van der Waals surface area contributed by atoms with Crippen molar-refractivity contribution in [2.75, 3.05) is 45.3 Å². The number of aromatic nitrogens is 1. The minimum atomic E-state index is -3.67. The monoisotopic (exact) mass is 317 g/mol. The maximum absolute atomic E-state index is 12.6. The lowest BCUT2D eigenvalue weighted by Crippen LogP contribution is -2.36. The Morgan fingerprint density at radius 1 is 1.43 bits per heavy atom. The van der Waals surface area contributed by atoms with Crippen molar-refractivity contribution in [3.8, 4) is 0 Å². The molecular weight excluding hydrogens is 294 g/mol. The summed E-state index contributed by atoms with van der Waals surface area (Å²) < 4.78 is 31.2. The number of sulfonamides is 1. The van der Waals surface area contributed by atoms with Crippen molar-refractivity contribution in [1.29, 1.82) is 0 Å². The topological polar surface area (TPSA) is 91.8 Å². The van der Waals surface area contributed by atoms with Gasteiger partial charge >= 0.3 is 0 Å². The Hall–Kier alpha value is -1.22. The van der Waals surface area contributed by atoms with Gasteiger partial charge in [-0.15, -0.1) is 0 Å². The van der Waals surface area contributed by atoms with E-state index in [4.69, 9.17) is 9.84 Å². The standard InChI is InChI=1S/C13H23N3O4S/c1-3-5-14-13-11-12(4-6-15-13)21(18,19)16(7-9-17)8-10-20-2/h4,6,11,17H,3,5,7-10H2,1-2H3,(H,14,15). The fourth-order valence-corrected chi connectivity index (χ4v) is 3.16. The second kappa shape index (κ2) is 8.93. The molecule has 2 N–H and O–H groups in total. The van der Waals surface area contributed by atoms with Crippen molar-refractivity contribution in [3.05, 3.63) is 18.3 Å². The summed E-state index contributed by atoms with van der Waals surface area (Å²) in [6.07, 6.45) is 2.38. The number of methoxy groups -OCH3 is 1. The van der Waals surface area contributed by atoms with Crippen LogP contribution in [0.2, 0.25) is 0 Å². The molecule has 1 aromatic rings. The smallest absolute Gasteiger partial charge is 0.243 e. The highest BCUT2D eigenvalue weighted by Crippen LogP contribution is 2.17. The third-order valence-corrected chi connectivity index (χ3v) is 4.71. The molecule has 0 aromatic carbocycles. The molecule has 1 heterocycles. The van der Waals surface area contributed by atoms with E-state index in [9.17, 15) is 8.42 Å². The summed E-state index contributed by atoms with van der Waals surface area (Å²) in [6, 6.07) is 2.95. The number of ether oxygens (including phenoxy) is 1. The number of nitrogens with zero attached hydrogens (tertiary/aromatic N) is 2. The van der Waals surface area contributed by atoms with Crippen molar-refractivity contribution in [2.45, 2.75) is 18.2 Å². The molecule has 0 saturated heterocycles. The van der Waals surface area contributed by atoms with Crippen molar-refractivity contribution in [2.24, 2.45) is 0 Å². The molecule has 1 aromatic heterocycles. The highest BCUT2D eigenvalue weighted by molar-refractivity contribution is 7.89. The number of aliphatic hydroxyl groups excluding tert-OH is 1. The summed E-state index contributed by atoms with van der Waals surface area (Å²) in [4.78, 5) is 4.24.